The van der Waals surface area contributed by atoms with E-state index in [9.17, 15) is 0 Å². The van der Waals surface area contributed by atoms with E-state index in [0.29, 0.717) is 6.04 Å². The van der Waals surface area contributed by atoms with E-state index in [1.54, 1.807) is 7.11 Å². The molecule has 0 spiro atoms. The monoisotopic (exact) mass is 245 g/mol. The lowest BCUT2D eigenvalue weighted by Crippen LogP contribution is -2.26. The Kier molecular flexibility index (Phi) is 3.55. The molecule has 2 heteroatoms. The lowest BCUT2D eigenvalue weighted by atomic mass is 9.87. The van der Waals surface area contributed by atoms with Gasteiger partial charge in [0.2, 0.25) is 0 Å². The van der Waals surface area contributed by atoms with Crippen molar-refractivity contribution in [2.75, 3.05) is 13.7 Å². The third kappa shape index (κ3) is 2.69. The first-order chi connectivity index (χ1) is 8.86. The van der Waals surface area contributed by atoms with Crippen LogP contribution in [0, 0.1) is 5.92 Å². The van der Waals surface area contributed by atoms with Crippen LogP contribution in [0.3, 0.4) is 0 Å². The van der Waals surface area contributed by atoms with Crippen molar-refractivity contribution >= 4 is 0 Å². The standard InChI is InChI=1S/C16H23NO/c1-18-14-8-7-13-3-2-4-16(15(13)11-14)17-10-9-12-5-6-12/h7-8,11-12,16-17H,2-6,9-10H2,1H3. The maximum absolute atomic E-state index is 5.35. The number of hydrogen-bond donors (Lipinski definition) is 1. The van der Waals surface area contributed by atoms with E-state index in [1.165, 1.54) is 56.2 Å². The van der Waals surface area contributed by atoms with Gasteiger partial charge in [-0.05, 0) is 61.4 Å². The maximum atomic E-state index is 5.35. The Bertz CT molecular complexity index is 412. The van der Waals surface area contributed by atoms with Crippen molar-refractivity contribution < 1.29 is 4.74 Å². The van der Waals surface area contributed by atoms with E-state index in [-0.39, 0.29) is 0 Å². The highest BCUT2D eigenvalue weighted by Gasteiger charge is 2.23. The average Bonchev–Trinajstić information content (AvgIpc) is 3.22. The minimum Gasteiger partial charge on any atom is -0.497 e. The predicted octanol–water partition coefficient (Wildman–Crippen LogP) is 3.46. The molecule has 1 N–H and O–H groups in total. The SMILES string of the molecule is COc1ccc2c(c1)C(NCCC1CC1)CCC2. The van der Waals surface area contributed by atoms with Gasteiger partial charge in [0.1, 0.15) is 5.75 Å². The van der Waals surface area contributed by atoms with Gasteiger partial charge in [0.15, 0.2) is 0 Å². The van der Waals surface area contributed by atoms with Crippen molar-refractivity contribution in [1.82, 2.24) is 5.32 Å². The highest BCUT2D eigenvalue weighted by atomic mass is 16.5. The van der Waals surface area contributed by atoms with Crippen LogP contribution < -0.4 is 10.1 Å². The summed E-state index contributed by atoms with van der Waals surface area (Å²) in [4.78, 5) is 0. The number of ether oxygens (including phenoxy) is 1. The van der Waals surface area contributed by atoms with Crippen LogP contribution >= 0.6 is 0 Å². The molecular formula is C16H23NO. The molecular weight excluding hydrogens is 222 g/mol. The lowest BCUT2D eigenvalue weighted by molar-refractivity contribution is 0.408. The molecule has 0 bridgehead atoms. The summed E-state index contributed by atoms with van der Waals surface area (Å²) in [6.07, 6.45) is 8.06. The van der Waals surface area contributed by atoms with Crippen LogP contribution in [0.1, 0.15) is 49.3 Å². The molecule has 98 valence electrons. The van der Waals surface area contributed by atoms with Crippen molar-refractivity contribution in [3.63, 3.8) is 0 Å². The number of hydrogen-bond acceptors (Lipinski definition) is 2. The zero-order valence-corrected chi connectivity index (χ0v) is 11.2. The van der Waals surface area contributed by atoms with E-state index in [0.717, 1.165) is 11.7 Å². The van der Waals surface area contributed by atoms with Crippen LogP contribution in [0.25, 0.3) is 0 Å². The van der Waals surface area contributed by atoms with E-state index in [1.807, 2.05) is 0 Å². The molecule has 0 aliphatic heterocycles. The Morgan fingerprint density at radius 1 is 1.28 bits per heavy atom. The van der Waals surface area contributed by atoms with E-state index in [2.05, 4.69) is 23.5 Å². The lowest BCUT2D eigenvalue weighted by Gasteiger charge is -2.27. The third-order valence-corrected chi connectivity index (χ3v) is 4.31. The van der Waals surface area contributed by atoms with Crippen LogP contribution in [0.4, 0.5) is 0 Å². The minimum absolute atomic E-state index is 0.544. The minimum atomic E-state index is 0.544. The number of benzene rings is 1. The third-order valence-electron chi connectivity index (χ3n) is 4.31. The van der Waals surface area contributed by atoms with Gasteiger partial charge in [-0.25, -0.2) is 0 Å². The molecule has 1 atom stereocenters. The summed E-state index contributed by atoms with van der Waals surface area (Å²) in [5.41, 5.74) is 2.97. The Labute approximate surface area is 110 Å². The summed E-state index contributed by atoms with van der Waals surface area (Å²) in [5, 5.41) is 3.74. The molecule has 1 saturated carbocycles. The smallest absolute Gasteiger partial charge is 0.119 e. The second-order valence-electron chi connectivity index (χ2n) is 5.70. The predicted molar refractivity (Wildman–Crippen MR) is 74.0 cm³/mol. The fourth-order valence-electron chi connectivity index (χ4n) is 2.98. The van der Waals surface area contributed by atoms with Crippen LogP contribution in [-0.2, 0) is 6.42 Å². The summed E-state index contributed by atoms with van der Waals surface area (Å²) < 4.78 is 5.35. The summed E-state index contributed by atoms with van der Waals surface area (Å²) in [6, 6.07) is 7.10. The highest BCUT2D eigenvalue weighted by molar-refractivity contribution is 5.39. The Morgan fingerprint density at radius 2 is 2.17 bits per heavy atom. The quantitative estimate of drug-likeness (QED) is 0.857. The van der Waals surface area contributed by atoms with Gasteiger partial charge in [-0.1, -0.05) is 18.9 Å². The molecule has 0 amide bonds. The van der Waals surface area contributed by atoms with Crippen LogP contribution in [-0.4, -0.2) is 13.7 Å². The summed E-state index contributed by atoms with van der Waals surface area (Å²) in [6.45, 7) is 1.17. The molecule has 1 aromatic carbocycles. The number of fused-ring (bicyclic) bond motifs is 1. The maximum Gasteiger partial charge on any atom is 0.119 e. The first-order valence-electron chi connectivity index (χ1n) is 7.27. The normalized spacial score (nSPS) is 22.6. The molecule has 2 aliphatic rings. The van der Waals surface area contributed by atoms with Gasteiger partial charge in [0.25, 0.3) is 0 Å². The van der Waals surface area contributed by atoms with Gasteiger partial charge in [0, 0.05) is 6.04 Å². The number of methoxy groups -OCH3 is 1. The van der Waals surface area contributed by atoms with Crippen LogP contribution in [0.5, 0.6) is 5.75 Å². The molecule has 0 radical (unpaired) electrons. The average molecular weight is 245 g/mol. The van der Waals surface area contributed by atoms with Gasteiger partial charge in [-0.2, -0.15) is 0 Å². The summed E-state index contributed by atoms with van der Waals surface area (Å²) >= 11 is 0. The Morgan fingerprint density at radius 3 is 2.94 bits per heavy atom. The fourth-order valence-corrected chi connectivity index (χ4v) is 2.98. The van der Waals surface area contributed by atoms with Gasteiger partial charge in [-0.3, -0.25) is 0 Å². The van der Waals surface area contributed by atoms with Crippen molar-refractivity contribution in [2.24, 2.45) is 5.92 Å². The van der Waals surface area contributed by atoms with Crippen LogP contribution in [0.15, 0.2) is 18.2 Å². The van der Waals surface area contributed by atoms with Gasteiger partial charge >= 0.3 is 0 Å². The van der Waals surface area contributed by atoms with Gasteiger partial charge in [-0.15, -0.1) is 0 Å². The number of rotatable bonds is 5. The molecule has 1 aromatic rings. The molecule has 1 unspecified atom stereocenters. The van der Waals surface area contributed by atoms with Crippen molar-refractivity contribution in [2.45, 2.75) is 44.6 Å². The zero-order valence-electron chi connectivity index (χ0n) is 11.2. The fraction of sp³-hybridized carbons (Fsp3) is 0.625. The molecule has 2 nitrogen and oxygen atoms in total. The second kappa shape index (κ2) is 5.31. The molecule has 2 aliphatic carbocycles. The summed E-state index contributed by atoms with van der Waals surface area (Å²) in [7, 11) is 1.75. The first kappa shape index (κ1) is 12.0. The Balaban J connectivity index is 1.68. The van der Waals surface area contributed by atoms with Gasteiger partial charge < -0.3 is 10.1 Å². The summed E-state index contributed by atoms with van der Waals surface area (Å²) in [5.74, 6) is 2.01. The molecule has 0 saturated heterocycles. The van der Waals surface area contributed by atoms with Crippen molar-refractivity contribution in [3.8, 4) is 5.75 Å². The zero-order chi connectivity index (χ0) is 12.4. The molecule has 18 heavy (non-hydrogen) atoms. The van der Waals surface area contributed by atoms with E-state index in [4.69, 9.17) is 4.74 Å². The highest BCUT2D eigenvalue weighted by Crippen LogP contribution is 2.34. The molecule has 3 rings (SSSR count). The van der Waals surface area contributed by atoms with Crippen molar-refractivity contribution in [1.29, 1.82) is 0 Å². The molecule has 1 fully saturated rings. The topological polar surface area (TPSA) is 21.3 Å². The number of aryl methyl sites for hydroxylation is 1. The second-order valence-corrected chi connectivity index (χ2v) is 5.70. The molecule has 0 aromatic heterocycles. The van der Waals surface area contributed by atoms with Gasteiger partial charge in [0.05, 0.1) is 7.11 Å². The number of nitrogens with one attached hydrogen (secondary N) is 1. The van der Waals surface area contributed by atoms with E-state index < -0.39 is 0 Å². The van der Waals surface area contributed by atoms with Crippen molar-refractivity contribution in [3.05, 3.63) is 29.3 Å². The molecule has 0 heterocycles. The van der Waals surface area contributed by atoms with E-state index >= 15 is 0 Å². The first-order valence-corrected chi connectivity index (χ1v) is 7.27. The van der Waals surface area contributed by atoms with Crippen LogP contribution in [0.2, 0.25) is 0 Å². The Hall–Kier alpha value is -1.02. The largest absolute Gasteiger partial charge is 0.497 e.